The first-order chi connectivity index (χ1) is 11.2. The molecule has 0 saturated carbocycles. The van der Waals surface area contributed by atoms with E-state index in [-0.39, 0.29) is 0 Å². The van der Waals surface area contributed by atoms with Gasteiger partial charge in [0.2, 0.25) is 0 Å². The Kier molecular flexibility index (Phi) is 6.62. The summed E-state index contributed by atoms with van der Waals surface area (Å²) in [7, 11) is 3.25. The van der Waals surface area contributed by atoms with Gasteiger partial charge >= 0.3 is 0 Å². The highest BCUT2D eigenvalue weighted by Crippen LogP contribution is 2.27. The Labute approximate surface area is 140 Å². The van der Waals surface area contributed by atoms with Crippen molar-refractivity contribution < 1.29 is 14.2 Å². The van der Waals surface area contributed by atoms with Crippen LogP contribution >= 0.6 is 11.8 Å². The number of nitrogens with two attached hydrogens (primary N) is 1. The Morgan fingerprint density at radius 2 is 1.70 bits per heavy atom. The maximum atomic E-state index is 5.93. The number of hydrogen-bond donors (Lipinski definition) is 1. The van der Waals surface area contributed by atoms with Crippen LogP contribution in [0, 0.1) is 0 Å². The maximum Gasteiger partial charge on any atom is 0.159 e. The van der Waals surface area contributed by atoms with E-state index in [1.54, 1.807) is 14.2 Å². The second-order valence-corrected chi connectivity index (χ2v) is 5.61. The molecule has 0 saturated heterocycles. The van der Waals surface area contributed by atoms with E-state index in [4.69, 9.17) is 19.9 Å². The molecule has 0 radical (unpaired) electrons. The summed E-state index contributed by atoms with van der Waals surface area (Å²) < 4.78 is 16.0. The van der Waals surface area contributed by atoms with Crippen molar-refractivity contribution in [2.75, 3.05) is 26.6 Å². The van der Waals surface area contributed by atoms with E-state index in [1.165, 1.54) is 11.8 Å². The number of methoxy groups -OCH3 is 2. The summed E-state index contributed by atoms with van der Waals surface area (Å²) in [5, 5.41) is 0.479. The van der Waals surface area contributed by atoms with Crippen molar-refractivity contribution >= 4 is 22.6 Å². The Balaban J connectivity index is 1.79. The van der Waals surface area contributed by atoms with E-state index in [1.807, 2.05) is 48.5 Å². The van der Waals surface area contributed by atoms with Crippen molar-refractivity contribution in [1.82, 2.24) is 0 Å². The van der Waals surface area contributed by atoms with E-state index in [0.717, 1.165) is 17.2 Å². The van der Waals surface area contributed by atoms with Gasteiger partial charge in [0.15, 0.2) is 5.17 Å². The maximum absolute atomic E-state index is 5.93. The van der Waals surface area contributed by atoms with Crippen LogP contribution in [0.25, 0.3) is 0 Å². The Hall–Kier alpha value is -2.34. The van der Waals surface area contributed by atoms with Crippen molar-refractivity contribution in [3.05, 3.63) is 48.5 Å². The average molecular weight is 332 g/mol. The van der Waals surface area contributed by atoms with Crippen molar-refractivity contribution in [2.24, 2.45) is 10.7 Å². The first-order valence-corrected chi connectivity index (χ1v) is 8.08. The molecule has 0 atom stereocenters. The fourth-order valence-electron chi connectivity index (χ4n) is 1.85. The molecule has 0 aliphatic rings. The molecule has 0 spiro atoms. The van der Waals surface area contributed by atoms with Crippen molar-refractivity contribution in [3.63, 3.8) is 0 Å². The molecule has 2 aromatic rings. The first-order valence-electron chi connectivity index (χ1n) is 7.09. The Bertz CT molecular complexity index is 645. The number of thioether (sulfide) groups is 1. The van der Waals surface area contributed by atoms with Crippen molar-refractivity contribution in [2.45, 2.75) is 0 Å². The molecule has 0 unspecified atom stereocenters. The molecule has 0 amide bonds. The lowest BCUT2D eigenvalue weighted by atomic mass is 10.3. The van der Waals surface area contributed by atoms with Gasteiger partial charge in [0.25, 0.3) is 0 Å². The third-order valence-corrected chi connectivity index (χ3v) is 3.74. The zero-order valence-corrected chi connectivity index (χ0v) is 14.0. The number of benzene rings is 2. The molecule has 23 heavy (non-hydrogen) atoms. The van der Waals surface area contributed by atoms with Gasteiger partial charge in [-0.05, 0) is 36.4 Å². The molecule has 2 rings (SSSR count). The summed E-state index contributed by atoms with van der Waals surface area (Å²) in [4.78, 5) is 4.36. The Morgan fingerprint density at radius 1 is 1.00 bits per heavy atom. The highest BCUT2D eigenvalue weighted by molar-refractivity contribution is 8.13. The lowest BCUT2D eigenvalue weighted by Gasteiger charge is -2.07. The summed E-state index contributed by atoms with van der Waals surface area (Å²) in [6.45, 7) is 0.541. The third kappa shape index (κ3) is 5.41. The zero-order chi connectivity index (χ0) is 16.5. The highest BCUT2D eigenvalue weighted by Gasteiger charge is 2.02. The SMILES string of the molecule is COc1ccc(OCCSC(N)=Nc2ccccc2OC)cc1. The minimum Gasteiger partial charge on any atom is -0.497 e. The molecular formula is C17H20N2O3S. The van der Waals surface area contributed by atoms with Gasteiger partial charge in [0, 0.05) is 5.75 Å². The van der Waals surface area contributed by atoms with E-state index >= 15 is 0 Å². The van der Waals surface area contributed by atoms with Gasteiger partial charge < -0.3 is 19.9 Å². The van der Waals surface area contributed by atoms with Gasteiger partial charge in [0.1, 0.15) is 22.9 Å². The van der Waals surface area contributed by atoms with Gasteiger partial charge in [0.05, 0.1) is 20.8 Å². The molecule has 6 heteroatoms. The smallest absolute Gasteiger partial charge is 0.159 e. The first kappa shape index (κ1) is 17.0. The van der Waals surface area contributed by atoms with Crippen LogP contribution in [-0.4, -0.2) is 31.7 Å². The molecule has 5 nitrogen and oxygen atoms in total. The molecule has 0 heterocycles. The molecule has 2 aromatic carbocycles. The average Bonchev–Trinajstić information content (AvgIpc) is 2.59. The van der Waals surface area contributed by atoms with Gasteiger partial charge in [-0.25, -0.2) is 4.99 Å². The highest BCUT2D eigenvalue weighted by atomic mass is 32.2. The largest absolute Gasteiger partial charge is 0.497 e. The number of nitrogens with zero attached hydrogens (tertiary/aromatic N) is 1. The van der Waals surface area contributed by atoms with Crippen LogP contribution in [-0.2, 0) is 0 Å². The molecular weight excluding hydrogens is 312 g/mol. The number of para-hydroxylation sites is 2. The van der Waals surface area contributed by atoms with Crippen LogP contribution < -0.4 is 19.9 Å². The second-order valence-electron chi connectivity index (χ2n) is 4.49. The van der Waals surface area contributed by atoms with Crippen LogP contribution in [0.4, 0.5) is 5.69 Å². The number of amidine groups is 1. The number of rotatable bonds is 7. The van der Waals surface area contributed by atoms with E-state index < -0.39 is 0 Å². The van der Waals surface area contributed by atoms with Crippen LogP contribution in [0.2, 0.25) is 0 Å². The van der Waals surface area contributed by atoms with Crippen LogP contribution in [0.1, 0.15) is 0 Å². The predicted octanol–water partition coefficient (Wildman–Crippen LogP) is 3.46. The monoisotopic (exact) mass is 332 g/mol. The van der Waals surface area contributed by atoms with Crippen LogP contribution in [0.15, 0.2) is 53.5 Å². The van der Waals surface area contributed by atoms with E-state index in [9.17, 15) is 0 Å². The summed E-state index contributed by atoms with van der Waals surface area (Å²) in [6, 6.07) is 15.0. The van der Waals surface area contributed by atoms with E-state index in [2.05, 4.69) is 4.99 Å². The van der Waals surface area contributed by atoms with Crippen LogP contribution in [0.3, 0.4) is 0 Å². The summed E-state index contributed by atoms with van der Waals surface area (Å²) in [6.07, 6.45) is 0. The van der Waals surface area contributed by atoms with Crippen LogP contribution in [0.5, 0.6) is 17.2 Å². The van der Waals surface area contributed by atoms with Gasteiger partial charge in [-0.15, -0.1) is 0 Å². The number of aliphatic imine (C=N–C) groups is 1. The van der Waals surface area contributed by atoms with Gasteiger partial charge in [-0.2, -0.15) is 0 Å². The summed E-state index contributed by atoms with van der Waals surface area (Å²) in [5.41, 5.74) is 6.65. The molecule has 122 valence electrons. The molecule has 0 bridgehead atoms. The fraction of sp³-hybridized carbons (Fsp3) is 0.235. The minimum absolute atomic E-state index is 0.479. The lowest BCUT2D eigenvalue weighted by Crippen LogP contribution is -2.10. The second kappa shape index (κ2) is 8.95. The topological polar surface area (TPSA) is 66.1 Å². The lowest BCUT2D eigenvalue weighted by molar-refractivity contribution is 0.343. The standard InChI is InChI=1S/C17H20N2O3S/c1-20-13-7-9-14(10-8-13)22-11-12-23-17(18)19-15-5-3-4-6-16(15)21-2/h3-10H,11-12H2,1-2H3,(H2,18,19). The third-order valence-electron chi connectivity index (χ3n) is 2.98. The fourth-order valence-corrected chi connectivity index (χ4v) is 2.39. The molecule has 0 aliphatic heterocycles. The molecule has 0 aromatic heterocycles. The zero-order valence-electron chi connectivity index (χ0n) is 13.2. The van der Waals surface area contributed by atoms with Gasteiger partial charge in [-0.3, -0.25) is 0 Å². The van der Waals surface area contributed by atoms with E-state index in [0.29, 0.717) is 23.3 Å². The summed E-state index contributed by atoms with van der Waals surface area (Å²) in [5.74, 6) is 3.01. The molecule has 0 fully saturated rings. The molecule has 2 N–H and O–H groups in total. The Morgan fingerprint density at radius 3 is 2.39 bits per heavy atom. The number of ether oxygens (including phenoxy) is 3. The molecule has 0 aliphatic carbocycles. The van der Waals surface area contributed by atoms with Gasteiger partial charge in [-0.1, -0.05) is 23.9 Å². The van der Waals surface area contributed by atoms with Crippen molar-refractivity contribution in [1.29, 1.82) is 0 Å². The minimum atomic E-state index is 0.479. The quantitative estimate of drug-likeness (QED) is 0.478. The summed E-state index contributed by atoms with van der Waals surface area (Å²) >= 11 is 1.44. The van der Waals surface area contributed by atoms with Crippen molar-refractivity contribution in [3.8, 4) is 17.2 Å². The normalized spacial score (nSPS) is 11.1. The predicted molar refractivity (Wildman–Crippen MR) is 95.2 cm³/mol. The number of hydrogen-bond acceptors (Lipinski definition) is 5.